The van der Waals surface area contributed by atoms with Gasteiger partial charge in [0, 0.05) is 71.3 Å². The number of carbonyl (C=O) groups is 2. The summed E-state index contributed by atoms with van der Waals surface area (Å²) in [5.74, 6) is 0.160. The summed E-state index contributed by atoms with van der Waals surface area (Å²) < 4.78 is 0. The van der Waals surface area contributed by atoms with Crippen molar-refractivity contribution in [3.63, 3.8) is 0 Å². The van der Waals surface area contributed by atoms with Gasteiger partial charge in [-0.2, -0.15) is 0 Å². The molecule has 8 rings (SSSR count). The molecule has 2 aromatic heterocycles. The Morgan fingerprint density at radius 1 is 0.545 bits per heavy atom. The van der Waals surface area contributed by atoms with Crippen LogP contribution in [0.25, 0.3) is 44.3 Å². The zero-order valence-corrected chi connectivity index (χ0v) is 39.5. The fraction of sp³-hybridized carbons (Fsp3) is 0.429. The quantitative estimate of drug-likeness (QED) is 0.0756. The third-order valence-electron chi connectivity index (χ3n) is 13.0. The van der Waals surface area contributed by atoms with Gasteiger partial charge in [0.1, 0.15) is 0 Å². The first kappa shape index (κ1) is 48.4. The fourth-order valence-electron chi connectivity index (χ4n) is 9.56. The lowest BCUT2D eigenvalue weighted by Gasteiger charge is -2.29. The van der Waals surface area contributed by atoms with E-state index in [0.29, 0.717) is 11.1 Å². The van der Waals surface area contributed by atoms with Crippen molar-refractivity contribution in [1.82, 2.24) is 30.4 Å². The molecule has 10 heteroatoms. The molecule has 348 valence electrons. The van der Waals surface area contributed by atoms with Crippen LogP contribution in [0, 0.1) is 0 Å². The molecular weight excluding hydrogens is 821 g/mol. The number of nitrogens with one attached hydrogen (secondary N) is 2. The average molecular weight is 891 g/mol. The van der Waals surface area contributed by atoms with E-state index >= 15 is 0 Å². The lowest BCUT2D eigenvalue weighted by molar-refractivity contribution is 0.0748. The molecule has 4 N–H and O–H groups in total. The molecule has 2 aliphatic rings. The number of amides is 2. The Hall–Kier alpha value is -5.52. The minimum Gasteiger partial charge on any atom is -0.387 e. The summed E-state index contributed by atoms with van der Waals surface area (Å²) in [6, 6.07) is 35.6. The van der Waals surface area contributed by atoms with Crippen LogP contribution in [0.3, 0.4) is 0 Å². The number of carbonyl (C=O) groups excluding carboxylic acids is 2. The second-order valence-electron chi connectivity index (χ2n) is 18.0. The maximum atomic E-state index is 12.9. The van der Waals surface area contributed by atoms with E-state index in [-0.39, 0.29) is 23.9 Å². The van der Waals surface area contributed by atoms with Crippen LogP contribution in [0.2, 0.25) is 0 Å². The van der Waals surface area contributed by atoms with Crippen LogP contribution in [0.1, 0.15) is 136 Å². The topological polar surface area (TPSA) is 131 Å². The maximum absolute atomic E-state index is 12.9. The summed E-state index contributed by atoms with van der Waals surface area (Å²) in [5, 5.41) is 31.4. The van der Waals surface area contributed by atoms with Gasteiger partial charge >= 0.3 is 0 Å². The van der Waals surface area contributed by atoms with Gasteiger partial charge in [0.05, 0.1) is 34.6 Å². The molecule has 2 amide bonds. The van der Waals surface area contributed by atoms with Crippen molar-refractivity contribution in [3.8, 4) is 22.5 Å². The van der Waals surface area contributed by atoms with Gasteiger partial charge in [-0.3, -0.25) is 9.59 Å². The normalized spacial score (nSPS) is 17.1. The SMILES string of the molecule is CCCN(CCC)C(=O)c1ccc(-c2cc([C@@H](O)[C@@H]3CCCCN3)c3ccccc3n2)cc1.CCCN(CCC)C(=O)c1ccc(-c2cc([C@H](O)[C@H]3CCCCN3)c3ccccc3n2)cc1. The Morgan fingerprint density at radius 3 is 1.24 bits per heavy atom. The molecule has 2 fully saturated rings. The second kappa shape index (κ2) is 23.8. The highest BCUT2D eigenvalue weighted by Gasteiger charge is 2.27. The summed E-state index contributed by atoms with van der Waals surface area (Å²) in [4.78, 5) is 39.5. The van der Waals surface area contributed by atoms with Gasteiger partial charge in [0.25, 0.3) is 11.8 Å². The molecule has 2 aliphatic heterocycles. The van der Waals surface area contributed by atoms with E-state index in [4.69, 9.17) is 9.97 Å². The number of aliphatic hydroxyl groups is 2. The molecular formula is C56H70N6O4. The molecule has 0 saturated carbocycles. The Morgan fingerprint density at radius 2 is 0.909 bits per heavy atom. The van der Waals surface area contributed by atoms with E-state index in [0.717, 1.165) is 159 Å². The molecule has 4 atom stereocenters. The van der Waals surface area contributed by atoms with Gasteiger partial charge in [0.2, 0.25) is 0 Å². The summed E-state index contributed by atoms with van der Waals surface area (Å²) in [5.41, 5.74) is 8.49. The van der Waals surface area contributed by atoms with Crippen LogP contribution in [0.4, 0.5) is 0 Å². The lowest BCUT2D eigenvalue weighted by Crippen LogP contribution is -2.38. The van der Waals surface area contributed by atoms with Crippen LogP contribution < -0.4 is 10.6 Å². The number of hydrogen-bond acceptors (Lipinski definition) is 8. The third-order valence-corrected chi connectivity index (χ3v) is 13.0. The number of rotatable bonds is 16. The minimum absolute atomic E-state index is 0.0560. The van der Waals surface area contributed by atoms with E-state index in [1.54, 1.807) is 0 Å². The zero-order valence-electron chi connectivity index (χ0n) is 39.5. The Bertz CT molecular complexity index is 2310. The lowest BCUT2D eigenvalue weighted by atomic mass is 9.92. The maximum Gasteiger partial charge on any atom is 0.253 e. The fourth-order valence-corrected chi connectivity index (χ4v) is 9.56. The number of para-hydroxylation sites is 2. The van der Waals surface area contributed by atoms with Crippen molar-refractivity contribution in [2.45, 2.75) is 116 Å². The van der Waals surface area contributed by atoms with Gasteiger partial charge in [-0.15, -0.1) is 0 Å². The summed E-state index contributed by atoms with van der Waals surface area (Å²) >= 11 is 0. The predicted octanol–water partition coefficient (Wildman–Crippen LogP) is 10.7. The molecule has 0 radical (unpaired) electrons. The molecule has 0 aliphatic carbocycles. The van der Waals surface area contributed by atoms with Crippen molar-refractivity contribution in [2.24, 2.45) is 0 Å². The molecule has 4 heterocycles. The van der Waals surface area contributed by atoms with Gasteiger partial charge in [0.15, 0.2) is 0 Å². The van der Waals surface area contributed by atoms with E-state index in [1.165, 1.54) is 0 Å². The molecule has 0 bridgehead atoms. The van der Waals surface area contributed by atoms with E-state index in [2.05, 4.69) is 38.3 Å². The molecule has 4 aromatic carbocycles. The van der Waals surface area contributed by atoms with Crippen LogP contribution in [0.15, 0.2) is 109 Å². The first-order valence-corrected chi connectivity index (χ1v) is 24.7. The smallest absolute Gasteiger partial charge is 0.253 e. The van der Waals surface area contributed by atoms with Crippen molar-refractivity contribution >= 4 is 33.6 Å². The van der Waals surface area contributed by atoms with Crippen LogP contribution in [0.5, 0.6) is 0 Å². The number of piperidine rings is 2. The van der Waals surface area contributed by atoms with Crippen LogP contribution in [-0.4, -0.2) is 93.1 Å². The molecule has 10 nitrogen and oxygen atoms in total. The Balaban J connectivity index is 0.000000196. The predicted molar refractivity (Wildman–Crippen MR) is 269 cm³/mol. The van der Waals surface area contributed by atoms with Crippen LogP contribution >= 0.6 is 0 Å². The Labute approximate surface area is 391 Å². The second-order valence-corrected chi connectivity index (χ2v) is 18.0. The summed E-state index contributed by atoms with van der Waals surface area (Å²) in [6.07, 6.45) is 9.14. The van der Waals surface area contributed by atoms with Crippen molar-refractivity contribution in [3.05, 3.63) is 131 Å². The highest BCUT2D eigenvalue weighted by molar-refractivity contribution is 5.96. The monoisotopic (exact) mass is 891 g/mol. The van der Waals surface area contributed by atoms with Crippen LogP contribution in [-0.2, 0) is 0 Å². The largest absolute Gasteiger partial charge is 0.387 e. The van der Waals surface area contributed by atoms with E-state index in [9.17, 15) is 19.8 Å². The molecule has 6 aromatic rings. The van der Waals surface area contributed by atoms with Gasteiger partial charge in [-0.05, 0) is 124 Å². The molecule has 0 spiro atoms. The molecule has 0 unspecified atom stereocenters. The first-order chi connectivity index (χ1) is 32.2. The zero-order chi connectivity index (χ0) is 46.4. The van der Waals surface area contributed by atoms with Gasteiger partial charge < -0.3 is 30.6 Å². The number of hydrogen-bond donors (Lipinski definition) is 4. The summed E-state index contributed by atoms with van der Waals surface area (Å²) in [6.45, 7) is 13.4. The average Bonchev–Trinajstić information content (AvgIpc) is 3.37. The number of benzene rings is 4. The highest BCUT2D eigenvalue weighted by atomic mass is 16.3. The number of pyridine rings is 2. The number of fused-ring (bicyclic) bond motifs is 2. The van der Waals surface area contributed by atoms with Gasteiger partial charge in [-0.1, -0.05) is 101 Å². The first-order valence-electron chi connectivity index (χ1n) is 24.7. The van der Waals surface area contributed by atoms with Gasteiger partial charge in [-0.25, -0.2) is 9.97 Å². The Kier molecular flexibility index (Phi) is 17.4. The molecule has 2 saturated heterocycles. The van der Waals surface area contributed by atoms with E-state index in [1.807, 2.05) is 119 Å². The highest BCUT2D eigenvalue weighted by Crippen LogP contribution is 2.34. The van der Waals surface area contributed by atoms with Crippen molar-refractivity contribution < 1.29 is 19.8 Å². The third kappa shape index (κ3) is 11.7. The van der Waals surface area contributed by atoms with Crippen molar-refractivity contribution in [2.75, 3.05) is 39.3 Å². The van der Waals surface area contributed by atoms with E-state index < -0.39 is 12.2 Å². The standard InChI is InChI=1S/2C28H35N3O2/c2*1-3-17-31(18-4-2)28(33)21-14-12-20(13-15-21)26-19-23(22-9-5-6-10-24(22)30-26)27(32)25-11-7-8-16-29-25/h2*5-6,9-10,12-15,19,25,27,29,32H,3-4,7-8,11,16-18H2,1-2H3/t2*25-,27+/m10/s1. The number of nitrogens with zero attached hydrogens (tertiary/aromatic N) is 4. The number of aliphatic hydroxyl groups excluding tert-OH is 2. The van der Waals surface area contributed by atoms with Crippen molar-refractivity contribution in [1.29, 1.82) is 0 Å². The number of aromatic nitrogens is 2. The molecule has 66 heavy (non-hydrogen) atoms. The minimum atomic E-state index is -0.588. The summed E-state index contributed by atoms with van der Waals surface area (Å²) in [7, 11) is 0.